The number of ketones is 1. The lowest BCUT2D eigenvalue weighted by Gasteiger charge is -2.40. The van der Waals surface area contributed by atoms with Crippen molar-refractivity contribution < 1.29 is 28.3 Å². The summed E-state index contributed by atoms with van der Waals surface area (Å²) in [4.78, 5) is 24.6. The highest BCUT2D eigenvalue weighted by molar-refractivity contribution is 6.74. The minimum atomic E-state index is -2.08. The Morgan fingerprint density at radius 3 is 2.10 bits per heavy atom. The molecule has 1 aliphatic carbocycles. The number of carbonyl (C=O) groups is 2. The van der Waals surface area contributed by atoms with E-state index < -0.39 is 28.7 Å². The average molecular weight is 613 g/mol. The van der Waals surface area contributed by atoms with Crippen molar-refractivity contribution in [2.75, 3.05) is 13.7 Å². The van der Waals surface area contributed by atoms with Gasteiger partial charge >= 0.3 is 5.97 Å². The molecule has 0 heterocycles. The fourth-order valence-electron chi connectivity index (χ4n) is 4.90. The van der Waals surface area contributed by atoms with Crippen molar-refractivity contribution in [1.29, 1.82) is 0 Å². The Hall–Kier alpha value is -0.806. The number of methoxy groups -OCH3 is 1. The van der Waals surface area contributed by atoms with Gasteiger partial charge in [-0.2, -0.15) is 0 Å². The largest absolute Gasteiger partial charge is 0.469 e. The molecule has 0 aromatic heterocycles. The Kier molecular flexibility index (Phi) is 15.7. The van der Waals surface area contributed by atoms with Crippen LogP contribution in [0.15, 0.2) is 12.2 Å². The predicted molar refractivity (Wildman–Crippen MR) is 175 cm³/mol. The number of aliphatic hydroxyl groups excluding tert-OH is 1. The number of ether oxygens (including phenoxy) is 1. The molecule has 4 atom stereocenters. The summed E-state index contributed by atoms with van der Waals surface area (Å²) in [5.41, 5.74) is 0. The first-order chi connectivity index (χ1) is 18.8. The predicted octanol–water partition coefficient (Wildman–Crippen LogP) is 8.59. The van der Waals surface area contributed by atoms with E-state index in [9.17, 15) is 14.7 Å². The first-order valence-electron chi connectivity index (χ1n) is 16.1. The van der Waals surface area contributed by atoms with Crippen molar-refractivity contribution in [1.82, 2.24) is 0 Å². The molecule has 0 amide bonds. The van der Waals surface area contributed by atoms with E-state index in [-0.39, 0.29) is 33.9 Å². The normalized spacial score (nSPS) is 21.6. The second-order valence-electron chi connectivity index (χ2n) is 15.2. The van der Waals surface area contributed by atoms with Crippen molar-refractivity contribution in [3.05, 3.63) is 12.2 Å². The molecule has 0 aliphatic heterocycles. The van der Waals surface area contributed by atoms with Gasteiger partial charge < -0.3 is 18.7 Å². The number of rotatable bonds is 18. The summed E-state index contributed by atoms with van der Waals surface area (Å²) in [5.74, 6) is -0.604. The summed E-state index contributed by atoms with van der Waals surface area (Å²) in [6.07, 6.45) is 12.7. The topological polar surface area (TPSA) is 82.1 Å². The maximum absolute atomic E-state index is 13.2. The van der Waals surface area contributed by atoms with Crippen molar-refractivity contribution in [2.24, 2.45) is 11.8 Å². The van der Waals surface area contributed by atoms with E-state index in [1.54, 1.807) is 0 Å². The molecule has 1 rings (SSSR count). The lowest BCUT2D eigenvalue weighted by atomic mass is 9.86. The van der Waals surface area contributed by atoms with Gasteiger partial charge in [0.2, 0.25) is 0 Å². The summed E-state index contributed by atoms with van der Waals surface area (Å²) >= 11 is 0. The first kappa shape index (κ1) is 38.2. The van der Waals surface area contributed by atoms with Crippen LogP contribution < -0.4 is 0 Å². The van der Waals surface area contributed by atoms with Crippen LogP contribution in [0.3, 0.4) is 0 Å². The van der Waals surface area contributed by atoms with Gasteiger partial charge in [-0.3, -0.25) is 9.59 Å². The highest BCUT2D eigenvalue weighted by atomic mass is 28.4. The second kappa shape index (κ2) is 16.9. The standard InChI is InChI=1S/C33H64O6Si2/c1-32(2,3)40(8,9)38-24-20-15-13-12-14-17-21-26-29(39-41(10,11)33(4,5)6)25-28(35)31(26)27(34)22-18-16-19-23-30(36)37-7/h17,21,26-27,29,31,34H,12-16,18-20,22-25H2,1-11H3. The fraction of sp³-hybridized carbons (Fsp3) is 0.879. The van der Waals surface area contributed by atoms with E-state index in [4.69, 9.17) is 13.6 Å². The molecule has 4 unspecified atom stereocenters. The number of hydrogen-bond acceptors (Lipinski definition) is 6. The quantitative estimate of drug-likeness (QED) is 0.0722. The lowest BCUT2D eigenvalue weighted by molar-refractivity contribution is -0.140. The monoisotopic (exact) mass is 612 g/mol. The number of aliphatic hydroxyl groups is 1. The first-order valence-corrected chi connectivity index (χ1v) is 21.9. The van der Waals surface area contributed by atoms with Gasteiger partial charge in [0.05, 0.1) is 25.2 Å². The third-order valence-electron chi connectivity index (χ3n) is 9.79. The number of carbonyl (C=O) groups excluding carboxylic acids is 2. The molecule has 0 radical (unpaired) electrons. The van der Waals surface area contributed by atoms with Crippen molar-refractivity contribution in [3.8, 4) is 0 Å². The van der Waals surface area contributed by atoms with Crippen LogP contribution in [0.5, 0.6) is 0 Å². The van der Waals surface area contributed by atoms with E-state index in [1.807, 2.05) is 0 Å². The Balaban J connectivity index is 2.71. The maximum atomic E-state index is 13.2. The van der Waals surface area contributed by atoms with Crippen LogP contribution in [0.25, 0.3) is 0 Å². The van der Waals surface area contributed by atoms with E-state index in [2.05, 4.69) is 79.9 Å². The van der Waals surface area contributed by atoms with Gasteiger partial charge in [-0.1, -0.05) is 79.4 Å². The van der Waals surface area contributed by atoms with Crippen molar-refractivity contribution >= 4 is 28.4 Å². The number of hydrogen-bond donors (Lipinski definition) is 1. The van der Waals surface area contributed by atoms with Gasteiger partial charge in [0, 0.05) is 25.4 Å². The highest BCUT2D eigenvalue weighted by Crippen LogP contribution is 2.43. The Bertz CT molecular complexity index is 825. The number of allylic oxidation sites excluding steroid dienone is 1. The van der Waals surface area contributed by atoms with Gasteiger partial charge in [0.1, 0.15) is 5.78 Å². The molecule has 1 saturated carbocycles. The summed E-state index contributed by atoms with van der Waals surface area (Å²) in [6, 6.07) is 0. The van der Waals surface area contributed by atoms with E-state index in [1.165, 1.54) is 13.5 Å². The van der Waals surface area contributed by atoms with Gasteiger partial charge in [-0.05, 0) is 68.4 Å². The SMILES string of the molecule is COC(=O)CCCCCC(O)C1C(=O)CC(O[Si](C)(C)C(C)(C)C)C1C=CCCCCCCO[Si](C)(C)C(C)(C)C. The minimum absolute atomic E-state index is 0.0505. The van der Waals surface area contributed by atoms with Crippen LogP contribution in [0, 0.1) is 11.8 Å². The zero-order chi connectivity index (χ0) is 31.5. The van der Waals surface area contributed by atoms with Crippen LogP contribution in [0.2, 0.25) is 36.3 Å². The minimum Gasteiger partial charge on any atom is -0.469 e. The number of Topliss-reactive ketones (excluding diaryl/α,β-unsaturated/α-hetero) is 1. The van der Waals surface area contributed by atoms with Crippen LogP contribution in [-0.4, -0.2) is 59.4 Å². The van der Waals surface area contributed by atoms with Crippen molar-refractivity contribution in [3.63, 3.8) is 0 Å². The highest BCUT2D eigenvalue weighted by Gasteiger charge is 2.49. The summed E-state index contributed by atoms with van der Waals surface area (Å²) in [5, 5.41) is 11.5. The smallest absolute Gasteiger partial charge is 0.305 e. The molecule has 1 N–H and O–H groups in total. The van der Waals surface area contributed by atoms with E-state index in [0.717, 1.165) is 51.6 Å². The summed E-state index contributed by atoms with van der Waals surface area (Å²) in [6.45, 7) is 23.4. The summed E-state index contributed by atoms with van der Waals surface area (Å²) < 4.78 is 17.8. The second-order valence-corrected chi connectivity index (χ2v) is 24.7. The van der Waals surface area contributed by atoms with Gasteiger partial charge in [0.15, 0.2) is 16.6 Å². The molecule has 0 aromatic rings. The molecule has 0 spiro atoms. The molecule has 1 fully saturated rings. The molecule has 0 saturated heterocycles. The molecule has 240 valence electrons. The van der Waals surface area contributed by atoms with Crippen LogP contribution in [-0.2, 0) is 23.2 Å². The van der Waals surface area contributed by atoms with Crippen molar-refractivity contribution in [2.45, 2.75) is 161 Å². The lowest BCUT2D eigenvalue weighted by Crippen LogP contribution is -2.45. The zero-order valence-corrected chi connectivity index (χ0v) is 30.4. The van der Waals surface area contributed by atoms with Gasteiger partial charge in [0.25, 0.3) is 0 Å². The van der Waals surface area contributed by atoms with E-state index >= 15 is 0 Å². The maximum Gasteiger partial charge on any atom is 0.305 e. The average Bonchev–Trinajstić information content (AvgIpc) is 3.14. The molecule has 0 bridgehead atoms. The Morgan fingerprint density at radius 2 is 1.51 bits per heavy atom. The molecular weight excluding hydrogens is 549 g/mol. The van der Waals surface area contributed by atoms with Gasteiger partial charge in [-0.15, -0.1) is 0 Å². The third-order valence-corrected chi connectivity index (χ3v) is 18.8. The molecule has 1 aliphatic rings. The van der Waals surface area contributed by atoms with Crippen LogP contribution in [0.1, 0.15) is 112 Å². The molecular formula is C33H64O6Si2. The third kappa shape index (κ3) is 12.8. The molecule has 8 heteroatoms. The Morgan fingerprint density at radius 1 is 0.927 bits per heavy atom. The van der Waals surface area contributed by atoms with Gasteiger partial charge in [-0.25, -0.2) is 0 Å². The van der Waals surface area contributed by atoms with Crippen LogP contribution >= 0.6 is 0 Å². The molecule has 41 heavy (non-hydrogen) atoms. The zero-order valence-electron chi connectivity index (χ0n) is 28.4. The van der Waals surface area contributed by atoms with E-state index in [0.29, 0.717) is 19.3 Å². The van der Waals surface area contributed by atoms with Crippen LogP contribution in [0.4, 0.5) is 0 Å². The number of esters is 1. The Labute approximate surface area is 254 Å². The summed E-state index contributed by atoms with van der Waals surface area (Å²) in [7, 11) is -2.34. The fourth-order valence-corrected chi connectivity index (χ4v) is 7.34. The number of unbranched alkanes of at least 4 members (excludes halogenated alkanes) is 6. The molecule has 6 nitrogen and oxygen atoms in total. The molecule has 0 aromatic carbocycles.